The van der Waals surface area contributed by atoms with E-state index in [9.17, 15) is 54.0 Å². The fourth-order valence-corrected chi connectivity index (χ4v) is 16.1. The number of carbonyl (C=O) groups is 15. The summed E-state index contributed by atoms with van der Waals surface area (Å²) >= 11 is 0.820. The number of hydrogen-bond donors (Lipinski definition) is 15. The number of benzene rings is 6. The molecule has 37 heteroatoms. The number of aromatic nitrogens is 1. The second-order valence-electron chi connectivity index (χ2n) is 33.3. The topological polar surface area (TPSA) is 503 Å². The molecule has 15 amide bonds. The van der Waals surface area contributed by atoms with Crippen LogP contribution in [0.15, 0.2) is 164 Å². The van der Waals surface area contributed by atoms with Crippen LogP contribution >= 0.6 is 20.6 Å². The molecule has 2 heterocycles. The van der Waals surface area contributed by atoms with Crippen LogP contribution in [0.5, 0.6) is 17.2 Å². The van der Waals surface area contributed by atoms with Crippen LogP contribution in [0.4, 0.5) is 0 Å². The van der Waals surface area contributed by atoms with Crippen LogP contribution in [0.2, 0.25) is 0 Å². The Labute approximate surface area is 761 Å². The first kappa shape index (κ1) is 102. The van der Waals surface area contributed by atoms with E-state index in [-0.39, 0.29) is 56.3 Å². The number of H-pyrrole nitrogens is 1. The monoisotopic (exact) mass is 1830 g/mol. The highest BCUT2D eigenvalue weighted by Crippen LogP contribution is 2.28. The molecule has 0 unspecified atom stereocenters. The van der Waals surface area contributed by atoms with E-state index in [1.54, 1.807) is 149 Å². The second kappa shape index (κ2) is 49.4. The molecule has 130 heavy (non-hydrogen) atoms. The SMILES string of the molecule is CCCC[C@H]1C(=O)N(C)CC(=O)N[C@@H](CC(O)=P)C(=O)N[C@@H](C(C)C)C(=O)N(C)[C@@H](Cc2ccccc2)C(=O)N[C@@H](Cc2ccc(O)cc2)C(=O)N(C)CC(=O)N[C@@H](Cc2c[nH]c3ccccc23)C(=O)N[C@H](Cc2ccc(O)c(O)c2)C(=O)N[C@@H](CC(C)C)C(=O)N[C@H](C(=O)NCC(N)=O)CSCC(=O)N[C@@H](Cc2ccccc2)C(=O)N(C)[C@@H](Cc2ccccc2)C(=O)N1C. The van der Waals surface area contributed by atoms with Crippen molar-refractivity contribution in [3.63, 3.8) is 0 Å². The van der Waals surface area contributed by atoms with Crippen LogP contribution in [-0.2, 0) is 110 Å². The number of phenols is 3. The zero-order valence-electron chi connectivity index (χ0n) is 74.5. The summed E-state index contributed by atoms with van der Waals surface area (Å²) in [6.45, 7) is 6.30. The van der Waals surface area contributed by atoms with Gasteiger partial charge in [-0.25, -0.2) is 0 Å². The number of aromatic hydroxyl groups is 3. The smallest absolute Gasteiger partial charge is 0.246 e. The van der Waals surface area contributed by atoms with Gasteiger partial charge in [0.25, 0.3) is 0 Å². The maximum absolute atomic E-state index is 15.6. The van der Waals surface area contributed by atoms with Gasteiger partial charge in [-0.2, -0.15) is 0 Å². The molecule has 0 saturated carbocycles. The van der Waals surface area contributed by atoms with Crippen LogP contribution in [-0.4, -0.2) is 277 Å². The van der Waals surface area contributed by atoms with Crippen LogP contribution in [0, 0.1) is 11.8 Å². The molecule has 0 spiro atoms. The number of thioether (sulfide) groups is 1. The van der Waals surface area contributed by atoms with E-state index in [4.69, 9.17) is 5.73 Å². The average molecular weight is 1830 g/mol. The van der Waals surface area contributed by atoms with Gasteiger partial charge in [-0.3, -0.25) is 71.9 Å². The van der Waals surface area contributed by atoms with Crippen molar-refractivity contribution in [3.8, 4) is 17.2 Å². The second-order valence-corrected chi connectivity index (χ2v) is 34.9. The van der Waals surface area contributed by atoms with Crippen molar-refractivity contribution in [3.05, 3.63) is 197 Å². The fourth-order valence-electron chi connectivity index (χ4n) is 15.0. The first-order valence-corrected chi connectivity index (χ1v) is 44.5. The summed E-state index contributed by atoms with van der Waals surface area (Å²) in [6.07, 6.45) is 0.438. The van der Waals surface area contributed by atoms with Crippen LogP contribution < -0.4 is 53.6 Å². The molecule has 6 aromatic carbocycles. The van der Waals surface area contributed by atoms with Crippen molar-refractivity contribution in [2.24, 2.45) is 17.6 Å². The van der Waals surface area contributed by atoms with E-state index in [1.807, 2.05) is 6.92 Å². The molecule has 0 radical (unpaired) electrons. The number of nitrogens with two attached hydrogens (primary N) is 1. The number of para-hydroxylation sites is 1. The van der Waals surface area contributed by atoms with E-state index < -0.39 is 228 Å². The van der Waals surface area contributed by atoms with Crippen molar-refractivity contribution in [2.75, 3.05) is 66.4 Å². The highest BCUT2D eigenvalue weighted by molar-refractivity contribution is 8.00. The van der Waals surface area contributed by atoms with Crippen molar-refractivity contribution < 1.29 is 92.3 Å². The van der Waals surface area contributed by atoms with Gasteiger partial charge < -0.3 is 103 Å². The van der Waals surface area contributed by atoms with Gasteiger partial charge in [0.15, 0.2) is 11.5 Å². The molecule has 11 atom stereocenters. The molecule has 35 nitrogen and oxygen atoms in total. The minimum Gasteiger partial charge on any atom is -0.508 e. The van der Waals surface area contributed by atoms with Gasteiger partial charge in [0, 0.05) is 103 Å². The Bertz CT molecular complexity index is 5150. The van der Waals surface area contributed by atoms with Gasteiger partial charge >= 0.3 is 0 Å². The highest BCUT2D eigenvalue weighted by atomic mass is 32.2. The maximum Gasteiger partial charge on any atom is 0.246 e. The Kier molecular flexibility index (Phi) is 38.8. The molecular formula is C93H119N16O19PS. The normalized spacial score (nSPS) is 21.8. The van der Waals surface area contributed by atoms with E-state index >= 15 is 38.4 Å². The van der Waals surface area contributed by atoms with Crippen LogP contribution in [0.3, 0.4) is 0 Å². The van der Waals surface area contributed by atoms with Crippen LogP contribution in [0.1, 0.15) is 100 Å². The Hall–Kier alpha value is -13.2. The zero-order chi connectivity index (χ0) is 95.2. The summed E-state index contributed by atoms with van der Waals surface area (Å²) in [4.78, 5) is 231. The van der Waals surface area contributed by atoms with Crippen molar-refractivity contribution >= 4 is 126 Å². The first-order chi connectivity index (χ1) is 61.8. The summed E-state index contributed by atoms with van der Waals surface area (Å²) in [5.41, 5.74) is 8.38. The standard InChI is InChI=1S/C93H119N16O19PS/c1-11-12-32-72-91(126)106(7)51-79(115)98-68(47-81(117)129)87(122)104-82(55(4)5)93(128)108(9)73(43-57-26-18-14-19-27-57)88(123)102-69(41-59-33-36-62(110)37-34-59)89(124)105(6)50-78(114)97-67(46-61-48-95-64-31-23-22-30-63(61)64)86(121)101-66(42-60-35-38-75(111)76(112)45-60)85(120)100-65(39-54(2)3)84(119)103-71(83(118)96-49-77(94)113)52-130-53-80(116)99-70(40-56-24-16-13-17-25-56)90(125)109(10)74(92(127)107(72)8)44-58-28-20-15-21-29-58/h13-31,33-38,45,48,54-55,65-74,82,95,110-112,117,129H,11-12,32,39-44,46-47,49-53H2,1-10H3,(H2,94,113)(H,96,118)(H,97,114)(H,98,115)(H,99,116)(H,100,120)(H,101,121)(H,102,123)(H,103,119)(H,104,122)/t65-,66+,67-,68-,69-,70-,71-,72-,73-,74-,82-/m0/s1. The summed E-state index contributed by atoms with van der Waals surface area (Å²) in [6, 6.07) is 25.5. The quantitative estimate of drug-likeness (QED) is 0.0323. The van der Waals surface area contributed by atoms with Crippen molar-refractivity contribution in [2.45, 2.75) is 172 Å². The van der Waals surface area contributed by atoms with Crippen LogP contribution in [0.25, 0.3) is 10.9 Å². The molecular weight excluding hydrogens is 1710 g/mol. The number of phenolic OH excluding ortho intramolecular Hbond substituents is 3. The number of hydrogen-bond acceptors (Lipinski definition) is 19. The fraction of sp³-hybridized carbons (Fsp3) is 0.419. The molecule has 1 aliphatic heterocycles. The first-order valence-electron chi connectivity index (χ1n) is 42.8. The molecule has 696 valence electrons. The maximum atomic E-state index is 15.6. The number of fused-ring (bicyclic) bond motifs is 1. The number of rotatable bonds is 23. The third kappa shape index (κ3) is 30.5. The summed E-state index contributed by atoms with van der Waals surface area (Å²) in [5.74, 6) is -16.6. The lowest BCUT2D eigenvalue weighted by molar-refractivity contribution is -0.151. The third-order valence-electron chi connectivity index (χ3n) is 22.2. The molecule has 1 fully saturated rings. The number of nitrogens with zero attached hydrogens (tertiary/aromatic N) is 5. The molecule has 1 aromatic heterocycles. The Morgan fingerprint density at radius 3 is 1.53 bits per heavy atom. The lowest BCUT2D eigenvalue weighted by Gasteiger charge is -2.37. The number of aromatic amines is 1. The van der Waals surface area contributed by atoms with Gasteiger partial charge in [-0.05, 0) is 88.4 Å². The summed E-state index contributed by atoms with van der Waals surface area (Å²) in [5, 5.41) is 67.0. The molecule has 1 saturated heterocycles. The van der Waals surface area contributed by atoms with Gasteiger partial charge in [0.2, 0.25) is 88.6 Å². The lowest BCUT2D eigenvalue weighted by Crippen LogP contribution is -2.61. The molecule has 0 aliphatic carbocycles. The number of likely N-dealkylation sites (N-methyl/N-ethyl adjacent to an activating group) is 5. The summed E-state index contributed by atoms with van der Waals surface area (Å²) in [7, 11) is 9.70. The minimum absolute atomic E-state index is 0.0582. The number of primary amides is 1. The highest BCUT2D eigenvalue weighted by Gasteiger charge is 2.42. The molecule has 7 aromatic rings. The predicted octanol–water partition coefficient (Wildman–Crippen LogP) is 2.59. The number of carbonyl (C=O) groups excluding carboxylic acids is 15. The molecule has 0 bridgehead atoms. The van der Waals surface area contributed by atoms with Gasteiger partial charge in [-0.15, -0.1) is 11.8 Å². The third-order valence-corrected chi connectivity index (χ3v) is 23.4. The number of aliphatic hydroxyl groups excluding tert-OH is 1. The Morgan fingerprint density at radius 2 is 0.962 bits per heavy atom. The van der Waals surface area contributed by atoms with E-state index in [2.05, 4.69) is 61.7 Å². The van der Waals surface area contributed by atoms with Gasteiger partial charge in [0.1, 0.15) is 72.2 Å². The molecule has 1 aliphatic rings. The molecule has 16 N–H and O–H groups in total. The number of nitrogens with one attached hydrogen (secondary N) is 10. The predicted molar refractivity (Wildman–Crippen MR) is 491 cm³/mol. The van der Waals surface area contributed by atoms with E-state index in [0.29, 0.717) is 51.6 Å². The lowest BCUT2D eigenvalue weighted by atomic mass is 9.98. The molecule has 8 rings (SSSR count). The van der Waals surface area contributed by atoms with Crippen molar-refractivity contribution in [1.29, 1.82) is 0 Å². The Balaban J connectivity index is 1.22. The number of amides is 15. The zero-order valence-corrected chi connectivity index (χ0v) is 76.4. The number of aliphatic hydroxyl groups is 1. The summed E-state index contributed by atoms with van der Waals surface area (Å²) < 4.78 is 0. The van der Waals surface area contributed by atoms with Gasteiger partial charge in [0.05, 0.1) is 30.9 Å². The minimum atomic E-state index is -1.71. The largest absolute Gasteiger partial charge is 0.508 e. The number of unbranched alkanes of at least 4 members (excludes halogenated alkanes) is 1. The Morgan fingerprint density at radius 1 is 0.485 bits per heavy atom. The van der Waals surface area contributed by atoms with Crippen molar-refractivity contribution in [1.82, 2.24) is 77.3 Å². The average Bonchev–Trinajstić information content (AvgIpc) is 0.896. The van der Waals surface area contributed by atoms with E-state index in [0.717, 1.165) is 38.6 Å². The van der Waals surface area contributed by atoms with Gasteiger partial charge in [-0.1, -0.05) is 184 Å². The van der Waals surface area contributed by atoms with E-state index in [1.165, 1.54) is 75.4 Å².